The fourth-order valence-corrected chi connectivity index (χ4v) is 2.74. The molecule has 5 heteroatoms. The minimum atomic E-state index is 0.477. The van der Waals surface area contributed by atoms with Crippen LogP contribution in [0.5, 0.6) is 0 Å². The van der Waals surface area contributed by atoms with Crippen molar-refractivity contribution < 1.29 is 0 Å². The zero-order valence-electron chi connectivity index (χ0n) is 8.35. The van der Waals surface area contributed by atoms with Crippen molar-refractivity contribution in [2.24, 2.45) is 0 Å². The number of hydrogen-bond donors (Lipinski definition) is 1. The third-order valence-electron chi connectivity index (χ3n) is 2.27. The standard InChI is InChI=1S/C12H6Cl4S/c13-6-1-2-7(9(15)5-6)11-8(14)3-4-10(17)12(11)16/h1-5,17H. The Morgan fingerprint density at radius 3 is 2.18 bits per heavy atom. The molecule has 0 aromatic heterocycles. The molecule has 0 atom stereocenters. The minimum Gasteiger partial charge on any atom is -0.142 e. The summed E-state index contributed by atoms with van der Waals surface area (Å²) in [6, 6.07) is 8.64. The largest absolute Gasteiger partial charge is 0.142 e. The Hall–Kier alpha value is -0.0500. The molecule has 0 saturated heterocycles. The summed E-state index contributed by atoms with van der Waals surface area (Å²) in [5.41, 5.74) is 1.41. The van der Waals surface area contributed by atoms with Gasteiger partial charge in [0, 0.05) is 26.1 Å². The lowest BCUT2D eigenvalue weighted by atomic mass is 10.1. The molecule has 0 saturated carbocycles. The summed E-state index contributed by atoms with van der Waals surface area (Å²) in [5.74, 6) is 0. The van der Waals surface area contributed by atoms with E-state index in [9.17, 15) is 0 Å². The molecular formula is C12H6Cl4S. The predicted octanol–water partition coefficient (Wildman–Crippen LogP) is 6.26. The van der Waals surface area contributed by atoms with Gasteiger partial charge in [0.25, 0.3) is 0 Å². The lowest BCUT2D eigenvalue weighted by molar-refractivity contribution is 1.46. The molecule has 0 amide bonds. The summed E-state index contributed by atoms with van der Waals surface area (Å²) < 4.78 is 0. The molecule has 0 heterocycles. The zero-order valence-corrected chi connectivity index (χ0v) is 12.3. The van der Waals surface area contributed by atoms with E-state index in [1.54, 1.807) is 30.3 Å². The molecule has 2 aromatic carbocycles. The fourth-order valence-electron chi connectivity index (χ4n) is 1.48. The van der Waals surface area contributed by atoms with Crippen LogP contribution < -0.4 is 0 Å². The lowest BCUT2D eigenvalue weighted by Crippen LogP contribution is -1.85. The highest BCUT2D eigenvalue weighted by Crippen LogP contribution is 2.41. The number of rotatable bonds is 1. The van der Waals surface area contributed by atoms with Gasteiger partial charge in [-0.3, -0.25) is 0 Å². The number of halogens is 4. The summed E-state index contributed by atoms with van der Waals surface area (Å²) in [7, 11) is 0. The molecule has 88 valence electrons. The summed E-state index contributed by atoms with van der Waals surface area (Å²) in [5, 5.41) is 2.07. The van der Waals surface area contributed by atoms with E-state index in [2.05, 4.69) is 12.6 Å². The van der Waals surface area contributed by atoms with E-state index in [0.29, 0.717) is 30.5 Å². The number of benzene rings is 2. The average Bonchev–Trinajstić information content (AvgIpc) is 2.27. The van der Waals surface area contributed by atoms with Crippen molar-refractivity contribution in [3.63, 3.8) is 0 Å². The monoisotopic (exact) mass is 322 g/mol. The first-order chi connectivity index (χ1) is 8.00. The first-order valence-corrected chi connectivity index (χ1v) is 6.59. The van der Waals surface area contributed by atoms with Crippen LogP contribution in [0.4, 0.5) is 0 Å². The fraction of sp³-hybridized carbons (Fsp3) is 0. The van der Waals surface area contributed by atoms with Gasteiger partial charge in [-0.25, -0.2) is 0 Å². The summed E-state index contributed by atoms with van der Waals surface area (Å²) in [6.45, 7) is 0. The zero-order chi connectivity index (χ0) is 12.6. The van der Waals surface area contributed by atoms with Gasteiger partial charge in [0.15, 0.2) is 0 Å². The van der Waals surface area contributed by atoms with Crippen LogP contribution in [-0.4, -0.2) is 0 Å². The second-order valence-corrected chi connectivity index (χ2v) is 5.49. The van der Waals surface area contributed by atoms with Crippen LogP contribution in [0, 0.1) is 0 Å². The maximum absolute atomic E-state index is 6.19. The molecule has 2 aromatic rings. The maximum atomic E-state index is 6.19. The van der Waals surface area contributed by atoms with Crippen molar-refractivity contribution in [2.75, 3.05) is 0 Å². The Kier molecular flexibility index (Phi) is 4.17. The second kappa shape index (κ2) is 5.29. The second-order valence-electron chi connectivity index (χ2n) is 3.38. The van der Waals surface area contributed by atoms with Crippen molar-refractivity contribution in [3.8, 4) is 11.1 Å². The highest BCUT2D eigenvalue weighted by molar-refractivity contribution is 7.80. The molecule has 0 radical (unpaired) electrons. The SMILES string of the molecule is Sc1ccc(Cl)c(-c2ccc(Cl)cc2Cl)c1Cl. The normalized spacial score (nSPS) is 10.6. The van der Waals surface area contributed by atoms with Crippen molar-refractivity contribution >= 4 is 59.0 Å². The lowest BCUT2D eigenvalue weighted by Gasteiger charge is -2.11. The molecule has 2 rings (SSSR count). The van der Waals surface area contributed by atoms with Gasteiger partial charge in [-0.15, -0.1) is 12.6 Å². The van der Waals surface area contributed by atoms with Crippen LogP contribution in [0.3, 0.4) is 0 Å². The van der Waals surface area contributed by atoms with Crippen LogP contribution in [-0.2, 0) is 0 Å². The van der Waals surface area contributed by atoms with Gasteiger partial charge < -0.3 is 0 Å². The molecule has 0 bridgehead atoms. The van der Waals surface area contributed by atoms with E-state index in [1.165, 1.54) is 0 Å². The van der Waals surface area contributed by atoms with Gasteiger partial charge in [0.2, 0.25) is 0 Å². The molecule has 0 aliphatic carbocycles. The molecule has 0 fully saturated rings. The average molecular weight is 324 g/mol. The van der Waals surface area contributed by atoms with Crippen molar-refractivity contribution in [2.45, 2.75) is 4.90 Å². The van der Waals surface area contributed by atoms with Crippen LogP contribution >= 0.6 is 59.0 Å². The Morgan fingerprint density at radius 2 is 1.53 bits per heavy atom. The van der Waals surface area contributed by atoms with Gasteiger partial charge >= 0.3 is 0 Å². The Bertz CT molecular complexity index is 581. The van der Waals surface area contributed by atoms with Gasteiger partial charge in [-0.2, -0.15) is 0 Å². The molecular weight excluding hydrogens is 318 g/mol. The van der Waals surface area contributed by atoms with Gasteiger partial charge in [0.1, 0.15) is 0 Å². The van der Waals surface area contributed by atoms with Crippen LogP contribution in [0.15, 0.2) is 35.2 Å². The number of hydrogen-bond acceptors (Lipinski definition) is 1. The molecule has 0 spiro atoms. The van der Waals surface area contributed by atoms with Gasteiger partial charge in [-0.1, -0.05) is 52.5 Å². The van der Waals surface area contributed by atoms with Crippen molar-refractivity contribution in [1.82, 2.24) is 0 Å². The first-order valence-electron chi connectivity index (χ1n) is 4.63. The number of thiol groups is 1. The maximum Gasteiger partial charge on any atom is 0.0633 e. The Balaban J connectivity index is 2.72. The summed E-state index contributed by atoms with van der Waals surface area (Å²) in [6.07, 6.45) is 0. The van der Waals surface area contributed by atoms with Gasteiger partial charge in [0.05, 0.1) is 10.0 Å². The van der Waals surface area contributed by atoms with E-state index >= 15 is 0 Å². The third kappa shape index (κ3) is 2.69. The van der Waals surface area contributed by atoms with Crippen LogP contribution in [0.2, 0.25) is 20.1 Å². The van der Waals surface area contributed by atoms with E-state index in [0.717, 1.165) is 5.56 Å². The topological polar surface area (TPSA) is 0 Å². The van der Waals surface area contributed by atoms with E-state index in [-0.39, 0.29) is 0 Å². The van der Waals surface area contributed by atoms with Crippen molar-refractivity contribution in [1.29, 1.82) is 0 Å². The quantitative estimate of drug-likeness (QED) is 0.588. The van der Waals surface area contributed by atoms with E-state index in [1.807, 2.05) is 0 Å². The molecule has 0 unspecified atom stereocenters. The summed E-state index contributed by atoms with van der Waals surface area (Å²) in [4.78, 5) is 0.650. The van der Waals surface area contributed by atoms with E-state index in [4.69, 9.17) is 46.4 Å². The van der Waals surface area contributed by atoms with Crippen LogP contribution in [0.1, 0.15) is 0 Å². The van der Waals surface area contributed by atoms with Gasteiger partial charge in [-0.05, 0) is 24.3 Å². The van der Waals surface area contributed by atoms with Crippen molar-refractivity contribution in [3.05, 3.63) is 50.4 Å². The Morgan fingerprint density at radius 1 is 0.824 bits per heavy atom. The smallest absolute Gasteiger partial charge is 0.0633 e. The van der Waals surface area contributed by atoms with E-state index < -0.39 is 0 Å². The molecule has 0 aliphatic heterocycles. The third-order valence-corrected chi connectivity index (χ3v) is 4.03. The molecule has 0 nitrogen and oxygen atoms in total. The highest BCUT2D eigenvalue weighted by Gasteiger charge is 2.14. The van der Waals surface area contributed by atoms with Crippen LogP contribution in [0.25, 0.3) is 11.1 Å². The highest BCUT2D eigenvalue weighted by atomic mass is 35.5. The Labute approximate surface area is 125 Å². The summed E-state index contributed by atoms with van der Waals surface area (Å²) >= 11 is 28.6. The predicted molar refractivity (Wildman–Crippen MR) is 79.2 cm³/mol. The molecule has 0 N–H and O–H groups in total. The molecule has 0 aliphatic rings. The first kappa shape index (κ1) is 13.4. The minimum absolute atomic E-state index is 0.477. The molecule has 17 heavy (non-hydrogen) atoms.